The van der Waals surface area contributed by atoms with Crippen LogP contribution in [-0.4, -0.2) is 23.3 Å². The molecule has 4 rings (SSSR count). The first-order valence-corrected chi connectivity index (χ1v) is 14.2. The molecule has 1 unspecified atom stereocenters. The molecule has 2 aromatic carbocycles. The molecule has 0 spiro atoms. The van der Waals surface area contributed by atoms with E-state index in [4.69, 9.17) is 19.9 Å². The first-order valence-electron chi connectivity index (χ1n) is 13.2. The number of hydrogen-bond acceptors (Lipinski definition) is 9. The lowest BCUT2D eigenvalue weighted by Gasteiger charge is -2.28. The zero-order valence-electron chi connectivity index (χ0n) is 23.1. The fraction of sp³-hybridized carbons (Fsp3) is 0.250. The first-order chi connectivity index (χ1) is 19.9. The molecule has 0 aliphatic carbocycles. The summed E-state index contributed by atoms with van der Waals surface area (Å²) in [4.78, 5) is 18.0. The van der Waals surface area contributed by atoms with E-state index in [2.05, 4.69) is 17.1 Å². The van der Waals surface area contributed by atoms with E-state index in [9.17, 15) is 15.3 Å². The van der Waals surface area contributed by atoms with Crippen molar-refractivity contribution in [2.45, 2.75) is 44.7 Å². The Labute approximate surface area is 244 Å². The van der Waals surface area contributed by atoms with Crippen LogP contribution < -0.4 is 10.5 Å². The van der Waals surface area contributed by atoms with Crippen molar-refractivity contribution in [1.82, 2.24) is 4.98 Å². The molecule has 41 heavy (non-hydrogen) atoms. The highest BCUT2D eigenvalue weighted by molar-refractivity contribution is 7.99. The van der Waals surface area contributed by atoms with Gasteiger partial charge in [0.1, 0.15) is 40.9 Å². The van der Waals surface area contributed by atoms with Crippen LogP contribution in [0.25, 0.3) is 0 Å². The molecule has 0 fully saturated rings. The number of aryl methyl sites for hydroxylation is 2. The zero-order valence-corrected chi connectivity index (χ0v) is 24.0. The van der Waals surface area contributed by atoms with Gasteiger partial charge < -0.3 is 19.9 Å². The fourth-order valence-electron chi connectivity index (χ4n) is 4.50. The summed E-state index contributed by atoms with van der Waals surface area (Å²) in [6, 6.07) is 23.1. The van der Waals surface area contributed by atoms with Gasteiger partial charge in [0.2, 0.25) is 5.88 Å². The van der Waals surface area contributed by atoms with E-state index in [0.717, 1.165) is 16.8 Å². The van der Waals surface area contributed by atoms with Crippen LogP contribution >= 0.6 is 11.8 Å². The van der Waals surface area contributed by atoms with E-state index in [-0.39, 0.29) is 35.1 Å². The third kappa shape index (κ3) is 6.71. The van der Waals surface area contributed by atoms with Gasteiger partial charge in [-0.25, -0.2) is 9.78 Å². The number of carbonyl (C=O) groups is 1. The van der Waals surface area contributed by atoms with Crippen molar-refractivity contribution in [2.24, 2.45) is 5.73 Å². The van der Waals surface area contributed by atoms with Crippen LogP contribution in [0.4, 0.5) is 0 Å². The molecule has 208 valence electrons. The van der Waals surface area contributed by atoms with Crippen LogP contribution in [-0.2, 0) is 27.3 Å². The van der Waals surface area contributed by atoms with Crippen molar-refractivity contribution in [3.8, 4) is 17.9 Å². The molecule has 2 N–H and O–H groups in total. The maximum atomic E-state index is 13.3. The molecule has 1 atom stereocenters. The molecule has 1 aliphatic rings. The number of nitriles is 2. The second-order valence-electron chi connectivity index (χ2n) is 9.18. The molecule has 1 aromatic heterocycles. The zero-order chi connectivity index (χ0) is 29.4. The molecule has 8 nitrogen and oxygen atoms in total. The summed E-state index contributed by atoms with van der Waals surface area (Å²) < 4.78 is 17.2. The number of hydrogen-bond donors (Lipinski definition) is 1. The predicted octanol–water partition coefficient (Wildman–Crippen LogP) is 5.82. The van der Waals surface area contributed by atoms with Crippen LogP contribution in [0.5, 0.6) is 5.75 Å². The van der Waals surface area contributed by atoms with E-state index in [1.54, 1.807) is 31.2 Å². The number of thioether (sulfide) groups is 1. The van der Waals surface area contributed by atoms with Crippen LogP contribution in [0.3, 0.4) is 0 Å². The third-order valence-electron chi connectivity index (χ3n) is 6.53. The number of ether oxygens (including phenoxy) is 3. The van der Waals surface area contributed by atoms with Crippen molar-refractivity contribution in [2.75, 3.05) is 12.4 Å². The smallest absolute Gasteiger partial charge is 0.338 e. The molecule has 3 aromatic rings. The SMILES string of the molecule is CCOC(=O)C1=C(CSc2nc(CC)c(C)cc2C#N)OC(N)=C(C#N)C1c1ccc(OCc2ccccc2)cc1. The van der Waals surface area contributed by atoms with Gasteiger partial charge in [-0.05, 0) is 55.2 Å². The predicted molar refractivity (Wildman–Crippen MR) is 155 cm³/mol. The van der Waals surface area contributed by atoms with E-state index in [1.165, 1.54) is 11.8 Å². The lowest BCUT2D eigenvalue weighted by atomic mass is 9.83. The summed E-state index contributed by atoms with van der Waals surface area (Å²) in [5.41, 5.74) is 10.5. The van der Waals surface area contributed by atoms with E-state index in [0.29, 0.717) is 34.9 Å². The van der Waals surface area contributed by atoms with E-state index >= 15 is 0 Å². The third-order valence-corrected chi connectivity index (χ3v) is 7.52. The van der Waals surface area contributed by atoms with Gasteiger partial charge in [0.15, 0.2) is 0 Å². The van der Waals surface area contributed by atoms with Crippen LogP contribution in [0.1, 0.15) is 47.7 Å². The second kappa shape index (κ2) is 13.6. The van der Waals surface area contributed by atoms with E-state index < -0.39 is 11.9 Å². The van der Waals surface area contributed by atoms with Gasteiger partial charge in [-0.2, -0.15) is 10.5 Å². The highest BCUT2D eigenvalue weighted by atomic mass is 32.2. The highest BCUT2D eigenvalue weighted by Gasteiger charge is 2.37. The molecule has 0 amide bonds. The van der Waals surface area contributed by atoms with Gasteiger partial charge in [0.05, 0.1) is 29.4 Å². The molecule has 0 saturated carbocycles. The van der Waals surface area contributed by atoms with Crippen molar-refractivity contribution in [3.05, 3.63) is 111 Å². The number of nitrogens with zero attached hydrogens (tertiary/aromatic N) is 3. The summed E-state index contributed by atoms with van der Waals surface area (Å²) in [6.07, 6.45) is 0.715. The summed E-state index contributed by atoms with van der Waals surface area (Å²) in [7, 11) is 0. The number of nitrogens with two attached hydrogens (primary N) is 1. The Morgan fingerprint density at radius 2 is 1.83 bits per heavy atom. The molecule has 0 radical (unpaired) electrons. The monoisotopic (exact) mass is 566 g/mol. The topological polar surface area (TPSA) is 131 Å². The number of benzene rings is 2. The quantitative estimate of drug-likeness (QED) is 0.238. The Morgan fingerprint density at radius 1 is 1.10 bits per heavy atom. The number of pyridine rings is 1. The van der Waals surface area contributed by atoms with Gasteiger partial charge in [0, 0.05) is 5.69 Å². The van der Waals surface area contributed by atoms with E-state index in [1.807, 2.05) is 50.2 Å². The number of aromatic nitrogens is 1. The molecule has 9 heteroatoms. The lowest BCUT2D eigenvalue weighted by molar-refractivity contribution is -0.139. The Balaban J connectivity index is 1.69. The maximum Gasteiger partial charge on any atom is 0.338 e. The molecular weight excluding hydrogens is 536 g/mol. The van der Waals surface area contributed by atoms with Crippen LogP contribution in [0.15, 0.2) is 88.5 Å². The highest BCUT2D eigenvalue weighted by Crippen LogP contribution is 2.41. The number of rotatable bonds is 10. The van der Waals surface area contributed by atoms with Gasteiger partial charge in [0.25, 0.3) is 0 Å². The van der Waals surface area contributed by atoms with Gasteiger partial charge in [-0.3, -0.25) is 0 Å². The summed E-state index contributed by atoms with van der Waals surface area (Å²) >= 11 is 1.27. The van der Waals surface area contributed by atoms with Gasteiger partial charge in [-0.1, -0.05) is 61.2 Å². The van der Waals surface area contributed by atoms with Gasteiger partial charge >= 0.3 is 5.97 Å². The Hall–Kier alpha value is -4.73. The lowest BCUT2D eigenvalue weighted by Crippen LogP contribution is -2.27. The Kier molecular flexibility index (Phi) is 9.68. The van der Waals surface area contributed by atoms with Crippen LogP contribution in [0.2, 0.25) is 0 Å². The normalized spacial score (nSPS) is 14.6. The maximum absolute atomic E-state index is 13.3. The summed E-state index contributed by atoms with van der Waals surface area (Å²) in [5, 5.41) is 20.2. The number of carbonyl (C=O) groups excluding carboxylic acids is 1. The average molecular weight is 567 g/mol. The van der Waals surface area contributed by atoms with Crippen molar-refractivity contribution in [3.63, 3.8) is 0 Å². The Bertz CT molecular complexity index is 1570. The molecule has 1 aliphatic heterocycles. The average Bonchev–Trinajstić information content (AvgIpc) is 2.99. The van der Waals surface area contributed by atoms with Crippen molar-refractivity contribution >= 4 is 17.7 Å². The minimum atomic E-state index is -0.806. The van der Waals surface area contributed by atoms with Crippen LogP contribution in [0, 0.1) is 29.6 Å². The first kappa shape index (κ1) is 29.3. The summed E-state index contributed by atoms with van der Waals surface area (Å²) in [6.45, 7) is 6.17. The minimum absolute atomic E-state index is 0.0860. The fourth-order valence-corrected chi connectivity index (χ4v) is 5.42. The molecule has 2 heterocycles. The van der Waals surface area contributed by atoms with Gasteiger partial charge in [-0.15, -0.1) is 0 Å². The molecular formula is C32H30N4O4S. The van der Waals surface area contributed by atoms with Crippen molar-refractivity contribution < 1.29 is 19.0 Å². The summed E-state index contributed by atoms with van der Waals surface area (Å²) in [5.74, 6) is -0.459. The standard InChI is InChI=1S/C32H30N4O4S/c1-4-26-20(3)15-23(16-33)31(36-26)41-19-27-29(32(37)38-5-2)28(25(17-34)30(35)40-27)22-11-13-24(14-12-22)39-18-21-9-7-6-8-10-21/h6-15,28H,4-5,18-19,35H2,1-3H3. The largest absolute Gasteiger partial charge is 0.489 e. The van der Waals surface area contributed by atoms with Crippen molar-refractivity contribution in [1.29, 1.82) is 10.5 Å². The number of allylic oxidation sites excluding steroid dienone is 1. The number of esters is 1. The molecule has 0 saturated heterocycles. The molecule has 0 bridgehead atoms. The second-order valence-corrected chi connectivity index (χ2v) is 10.1. The Morgan fingerprint density at radius 3 is 2.46 bits per heavy atom. The minimum Gasteiger partial charge on any atom is -0.489 e.